The molecule has 0 amide bonds. The molecule has 0 fully saturated rings. The average Bonchev–Trinajstić information content (AvgIpc) is 2.18. The lowest BCUT2D eigenvalue weighted by molar-refractivity contribution is -0.130. The van der Waals surface area contributed by atoms with E-state index in [-0.39, 0.29) is 6.10 Å². The van der Waals surface area contributed by atoms with E-state index in [0.29, 0.717) is 18.8 Å². The van der Waals surface area contributed by atoms with Crippen molar-refractivity contribution >= 4 is 5.78 Å². The molecule has 0 N–H and O–H groups in total. The van der Waals surface area contributed by atoms with Crippen LogP contribution in [0, 0.1) is 0 Å². The van der Waals surface area contributed by atoms with E-state index in [2.05, 4.69) is 13.8 Å². The Kier molecular flexibility index (Phi) is 8.95. The largest absolute Gasteiger partial charge is 0.371 e. The highest BCUT2D eigenvalue weighted by atomic mass is 16.5. The Hall–Kier alpha value is -0.370. The van der Waals surface area contributed by atoms with Crippen molar-refractivity contribution < 1.29 is 9.53 Å². The maximum absolute atomic E-state index is 11.7. The molecule has 1 atom stereocenters. The van der Waals surface area contributed by atoms with Crippen molar-refractivity contribution in [3.05, 3.63) is 0 Å². The number of hydrogen-bond donors (Lipinski definition) is 0. The number of rotatable bonds is 9. The minimum absolute atomic E-state index is 0.137. The first-order chi connectivity index (χ1) is 6.76. The Morgan fingerprint density at radius 2 is 1.86 bits per heavy atom. The van der Waals surface area contributed by atoms with Crippen LogP contribution in [0.5, 0.6) is 0 Å². The summed E-state index contributed by atoms with van der Waals surface area (Å²) in [5.74, 6) is 0.294. The quantitative estimate of drug-likeness (QED) is 0.534. The van der Waals surface area contributed by atoms with Crippen LogP contribution in [0.3, 0.4) is 0 Å². The molecule has 0 bridgehead atoms. The number of unbranched alkanes of at least 4 members (excludes halogenated alkanes) is 2. The second-order valence-corrected chi connectivity index (χ2v) is 3.66. The minimum Gasteiger partial charge on any atom is -0.371 e. The van der Waals surface area contributed by atoms with E-state index < -0.39 is 0 Å². The molecule has 14 heavy (non-hydrogen) atoms. The van der Waals surface area contributed by atoms with Gasteiger partial charge in [0.05, 0.1) is 0 Å². The molecular weight excluding hydrogens is 176 g/mol. The van der Waals surface area contributed by atoms with Gasteiger partial charge < -0.3 is 4.74 Å². The van der Waals surface area contributed by atoms with Gasteiger partial charge in [0.1, 0.15) is 6.10 Å². The van der Waals surface area contributed by atoms with Gasteiger partial charge in [-0.05, 0) is 19.8 Å². The molecule has 0 radical (unpaired) electrons. The van der Waals surface area contributed by atoms with Crippen LogP contribution in [0.25, 0.3) is 0 Å². The first-order valence-electron chi connectivity index (χ1n) is 5.90. The fourth-order valence-electron chi connectivity index (χ4n) is 1.51. The molecule has 2 heteroatoms. The van der Waals surface area contributed by atoms with Gasteiger partial charge in [0.2, 0.25) is 0 Å². The van der Waals surface area contributed by atoms with Crippen LogP contribution in [-0.4, -0.2) is 18.5 Å². The monoisotopic (exact) mass is 200 g/mol. The zero-order valence-electron chi connectivity index (χ0n) is 9.84. The van der Waals surface area contributed by atoms with Crippen molar-refractivity contribution in [2.45, 2.75) is 65.4 Å². The topological polar surface area (TPSA) is 26.3 Å². The highest BCUT2D eigenvalue weighted by molar-refractivity contribution is 5.82. The first kappa shape index (κ1) is 13.6. The number of carbonyl (C=O) groups excluding carboxylic acids is 1. The summed E-state index contributed by atoms with van der Waals surface area (Å²) in [6.07, 6.45) is 5.78. The predicted molar refractivity (Wildman–Crippen MR) is 59.5 cm³/mol. The van der Waals surface area contributed by atoms with E-state index in [9.17, 15) is 4.79 Å². The molecule has 0 saturated heterocycles. The van der Waals surface area contributed by atoms with Gasteiger partial charge in [0.25, 0.3) is 0 Å². The minimum atomic E-state index is -0.137. The summed E-state index contributed by atoms with van der Waals surface area (Å²) in [7, 11) is 0. The third-order valence-electron chi connectivity index (χ3n) is 2.30. The third kappa shape index (κ3) is 6.14. The zero-order chi connectivity index (χ0) is 10.8. The molecule has 0 saturated carbocycles. The maximum Gasteiger partial charge on any atom is 0.161 e. The molecule has 0 rings (SSSR count). The van der Waals surface area contributed by atoms with Crippen molar-refractivity contribution in [2.24, 2.45) is 0 Å². The molecule has 0 aromatic rings. The molecule has 84 valence electrons. The number of hydrogen-bond acceptors (Lipinski definition) is 2. The Labute approximate surface area is 88.0 Å². The first-order valence-corrected chi connectivity index (χ1v) is 5.90. The normalized spacial score (nSPS) is 12.8. The molecule has 0 aliphatic heterocycles. The van der Waals surface area contributed by atoms with Gasteiger partial charge in [-0.2, -0.15) is 0 Å². The highest BCUT2D eigenvalue weighted by Crippen LogP contribution is 2.09. The Bertz CT molecular complexity index is 137. The molecule has 0 aromatic heterocycles. The summed E-state index contributed by atoms with van der Waals surface area (Å²) in [6, 6.07) is 0. The molecule has 1 unspecified atom stereocenters. The second-order valence-electron chi connectivity index (χ2n) is 3.66. The summed E-state index contributed by atoms with van der Waals surface area (Å²) in [6.45, 7) is 6.83. The maximum atomic E-state index is 11.7. The van der Waals surface area contributed by atoms with Crippen LogP contribution >= 0.6 is 0 Å². The van der Waals surface area contributed by atoms with Gasteiger partial charge in [-0.15, -0.1) is 0 Å². The second kappa shape index (κ2) is 9.20. The lowest BCUT2D eigenvalue weighted by Gasteiger charge is -2.14. The Morgan fingerprint density at radius 3 is 2.36 bits per heavy atom. The molecule has 0 aliphatic rings. The van der Waals surface area contributed by atoms with Crippen LogP contribution in [0.15, 0.2) is 0 Å². The van der Waals surface area contributed by atoms with Gasteiger partial charge in [0, 0.05) is 13.0 Å². The van der Waals surface area contributed by atoms with Crippen LogP contribution in [0.2, 0.25) is 0 Å². The lowest BCUT2D eigenvalue weighted by Crippen LogP contribution is -2.24. The van der Waals surface area contributed by atoms with E-state index >= 15 is 0 Å². The number of Topliss-reactive ketones (excluding diaryl/α,β-unsaturated/α-hetero) is 1. The molecule has 0 spiro atoms. The number of ketones is 1. The Morgan fingerprint density at radius 1 is 1.14 bits per heavy atom. The zero-order valence-corrected chi connectivity index (χ0v) is 9.84. The van der Waals surface area contributed by atoms with Crippen LogP contribution in [0.1, 0.15) is 59.3 Å². The smallest absolute Gasteiger partial charge is 0.161 e. The van der Waals surface area contributed by atoms with E-state index in [4.69, 9.17) is 4.74 Å². The van der Waals surface area contributed by atoms with Crippen LogP contribution < -0.4 is 0 Å². The van der Waals surface area contributed by atoms with E-state index in [1.165, 1.54) is 6.42 Å². The van der Waals surface area contributed by atoms with E-state index in [1.54, 1.807) is 0 Å². The molecule has 0 aromatic carbocycles. The van der Waals surface area contributed by atoms with Crippen molar-refractivity contribution in [2.75, 3.05) is 6.61 Å². The van der Waals surface area contributed by atoms with E-state index in [1.807, 2.05) is 6.92 Å². The predicted octanol–water partition coefficient (Wildman–Crippen LogP) is 3.34. The molecule has 0 heterocycles. The molecule has 0 aliphatic carbocycles. The standard InChI is InChI=1S/C12H24O2/c1-4-7-8-10-11(13)12(9-5-2)14-6-3/h12H,4-10H2,1-3H3. The Balaban J connectivity index is 3.76. The molecular formula is C12H24O2. The van der Waals surface area contributed by atoms with Gasteiger partial charge in [0.15, 0.2) is 5.78 Å². The van der Waals surface area contributed by atoms with Crippen molar-refractivity contribution in [3.63, 3.8) is 0 Å². The summed E-state index contributed by atoms with van der Waals surface area (Å²) in [5.41, 5.74) is 0. The highest BCUT2D eigenvalue weighted by Gasteiger charge is 2.16. The SMILES string of the molecule is CCCCCC(=O)C(CCC)OCC. The fraction of sp³-hybridized carbons (Fsp3) is 0.917. The fourth-order valence-corrected chi connectivity index (χ4v) is 1.51. The average molecular weight is 200 g/mol. The number of carbonyl (C=O) groups is 1. The molecule has 2 nitrogen and oxygen atoms in total. The third-order valence-corrected chi connectivity index (χ3v) is 2.30. The van der Waals surface area contributed by atoms with Gasteiger partial charge >= 0.3 is 0 Å². The van der Waals surface area contributed by atoms with Crippen LogP contribution in [0.4, 0.5) is 0 Å². The van der Waals surface area contributed by atoms with Gasteiger partial charge in [-0.3, -0.25) is 4.79 Å². The van der Waals surface area contributed by atoms with E-state index in [0.717, 1.165) is 25.7 Å². The summed E-state index contributed by atoms with van der Waals surface area (Å²) in [4.78, 5) is 11.7. The van der Waals surface area contributed by atoms with Gasteiger partial charge in [-0.1, -0.05) is 33.1 Å². The number of ether oxygens (including phenoxy) is 1. The summed E-state index contributed by atoms with van der Waals surface area (Å²) < 4.78 is 5.43. The van der Waals surface area contributed by atoms with Crippen molar-refractivity contribution in [3.8, 4) is 0 Å². The summed E-state index contributed by atoms with van der Waals surface area (Å²) in [5, 5.41) is 0. The van der Waals surface area contributed by atoms with Gasteiger partial charge in [-0.25, -0.2) is 0 Å². The lowest BCUT2D eigenvalue weighted by atomic mass is 10.0. The van der Waals surface area contributed by atoms with Crippen molar-refractivity contribution in [1.82, 2.24) is 0 Å². The summed E-state index contributed by atoms with van der Waals surface area (Å²) >= 11 is 0. The van der Waals surface area contributed by atoms with Crippen molar-refractivity contribution in [1.29, 1.82) is 0 Å². The van der Waals surface area contributed by atoms with Crippen LogP contribution in [-0.2, 0) is 9.53 Å².